The molecule has 0 aromatic rings. The minimum atomic E-state index is -0.775. The highest BCUT2D eigenvalue weighted by molar-refractivity contribution is 8.14. The summed E-state index contributed by atoms with van der Waals surface area (Å²) < 4.78 is 0. The molecule has 2 aliphatic heterocycles. The molecule has 2 rings (SSSR count). The number of allylic oxidation sites excluding steroid dienone is 2. The summed E-state index contributed by atoms with van der Waals surface area (Å²) in [4.78, 5) is 11.6. The van der Waals surface area contributed by atoms with Gasteiger partial charge in [0.25, 0.3) is 0 Å². The van der Waals surface area contributed by atoms with E-state index in [1.807, 2.05) is 6.08 Å². The van der Waals surface area contributed by atoms with E-state index in [4.69, 9.17) is 5.11 Å². The van der Waals surface area contributed by atoms with Gasteiger partial charge in [0.15, 0.2) is 4.91 Å². The van der Waals surface area contributed by atoms with Crippen molar-refractivity contribution in [1.82, 2.24) is 0 Å². The topological polar surface area (TPSA) is 62.0 Å². The van der Waals surface area contributed by atoms with Crippen molar-refractivity contribution >= 4 is 16.2 Å². The lowest BCUT2D eigenvalue weighted by atomic mass is 10.2. The van der Waals surface area contributed by atoms with Crippen LogP contribution >= 0.6 is 0 Å². The van der Waals surface area contributed by atoms with E-state index < -0.39 is 16.2 Å². The summed E-state index contributed by atoms with van der Waals surface area (Å²) in [5.41, 5.74) is 0.940. The smallest absolute Gasteiger partial charge is 0.441 e. The SMILES string of the molecule is O=C(O)[S+]1CC=C2C=CN=NC=C21. The van der Waals surface area contributed by atoms with E-state index >= 15 is 0 Å². The third-order valence-corrected chi connectivity index (χ3v) is 3.59. The standard InChI is InChI=1S/C8H6N2O2S/c11-8(12)13-4-2-6-1-3-9-10-5-7(6)13/h1-3,5H,4H2/p+1. The molecule has 0 saturated heterocycles. The predicted molar refractivity (Wildman–Crippen MR) is 50.4 cm³/mol. The molecule has 66 valence electrons. The molecule has 0 aromatic heterocycles. The highest BCUT2D eigenvalue weighted by atomic mass is 32.2. The fourth-order valence-corrected chi connectivity index (χ4v) is 2.66. The van der Waals surface area contributed by atoms with Crippen LogP contribution in [0.3, 0.4) is 0 Å². The molecule has 0 fully saturated rings. The summed E-state index contributed by atoms with van der Waals surface area (Å²) in [6.07, 6.45) is 6.81. The van der Waals surface area contributed by atoms with E-state index in [0.29, 0.717) is 5.75 Å². The molecule has 0 amide bonds. The van der Waals surface area contributed by atoms with Crippen molar-refractivity contribution < 1.29 is 9.90 Å². The van der Waals surface area contributed by atoms with E-state index in [1.165, 1.54) is 6.20 Å². The molecule has 4 nitrogen and oxygen atoms in total. The Balaban J connectivity index is 2.36. The summed E-state index contributed by atoms with van der Waals surface area (Å²) >= 11 is 0. The maximum atomic E-state index is 10.8. The predicted octanol–water partition coefficient (Wildman–Crippen LogP) is 2.04. The van der Waals surface area contributed by atoms with Crippen LogP contribution in [-0.2, 0) is 10.9 Å². The molecular formula is C8H7N2O2S+. The van der Waals surface area contributed by atoms with E-state index in [0.717, 1.165) is 10.5 Å². The molecule has 0 aromatic carbocycles. The first-order valence-corrected chi connectivity index (χ1v) is 5.09. The lowest BCUT2D eigenvalue weighted by Crippen LogP contribution is -2.13. The van der Waals surface area contributed by atoms with Gasteiger partial charge in [-0.05, 0) is 12.2 Å². The molecule has 0 spiro atoms. The molecule has 0 bridgehead atoms. The average Bonchev–Trinajstić information content (AvgIpc) is 2.36. The van der Waals surface area contributed by atoms with Crippen LogP contribution in [0, 0.1) is 0 Å². The van der Waals surface area contributed by atoms with Crippen LogP contribution in [0.4, 0.5) is 4.79 Å². The summed E-state index contributed by atoms with van der Waals surface area (Å²) in [7, 11) is -0.726. The fraction of sp³-hybridized carbons (Fsp3) is 0.125. The summed E-state index contributed by atoms with van der Waals surface area (Å²) in [6.45, 7) is 0. The minimum absolute atomic E-state index is 0.580. The Morgan fingerprint density at radius 3 is 3.15 bits per heavy atom. The molecular weight excluding hydrogens is 188 g/mol. The van der Waals surface area contributed by atoms with Crippen LogP contribution in [0.5, 0.6) is 0 Å². The maximum Gasteiger partial charge on any atom is 0.529 e. The number of carboxylic acid groups (broad SMARTS) is 1. The Morgan fingerprint density at radius 1 is 1.54 bits per heavy atom. The number of carbonyl (C=O) groups is 1. The Hall–Kier alpha value is -1.36. The van der Waals surface area contributed by atoms with E-state index in [9.17, 15) is 4.79 Å². The number of rotatable bonds is 0. The number of azo groups is 1. The quantitative estimate of drug-likeness (QED) is 0.601. The first-order valence-electron chi connectivity index (χ1n) is 3.70. The summed E-state index contributed by atoms with van der Waals surface area (Å²) in [5.74, 6) is 0.580. The number of nitrogens with zero attached hydrogens (tertiary/aromatic N) is 2. The first kappa shape index (κ1) is 8.25. The van der Waals surface area contributed by atoms with Gasteiger partial charge >= 0.3 is 5.30 Å². The number of hydrogen-bond acceptors (Lipinski definition) is 3. The van der Waals surface area contributed by atoms with Crippen molar-refractivity contribution in [2.45, 2.75) is 0 Å². The van der Waals surface area contributed by atoms with Crippen LogP contribution in [0.15, 0.2) is 45.3 Å². The Kier molecular flexibility index (Phi) is 2.02. The van der Waals surface area contributed by atoms with Crippen LogP contribution < -0.4 is 0 Å². The molecule has 2 aliphatic rings. The fourth-order valence-electron chi connectivity index (χ4n) is 1.20. The van der Waals surface area contributed by atoms with Gasteiger partial charge in [0.05, 0.1) is 6.20 Å². The molecule has 13 heavy (non-hydrogen) atoms. The molecule has 1 unspecified atom stereocenters. The van der Waals surface area contributed by atoms with Crippen molar-refractivity contribution in [3.05, 3.63) is 35.0 Å². The van der Waals surface area contributed by atoms with Crippen molar-refractivity contribution in [3.63, 3.8) is 0 Å². The highest BCUT2D eigenvalue weighted by Gasteiger charge is 2.40. The molecule has 0 aliphatic carbocycles. The van der Waals surface area contributed by atoms with Gasteiger partial charge in [-0.2, -0.15) is 15.0 Å². The first-order chi connectivity index (χ1) is 6.29. The maximum absolute atomic E-state index is 10.8. The zero-order chi connectivity index (χ0) is 9.26. The highest BCUT2D eigenvalue weighted by Crippen LogP contribution is 2.30. The third kappa shape index (κ3) is 1.42. The Labute approximate surface area is 77.7 Å². The second-order valence-electron chi connectivity index (χ2n) is 2.52. The van der Waals surface area contributed by atoms with Crippen molar-refractivity contribution in [3.8, 4) is 0 Å². The van der Waals surface area contributed by atoms with Gasteiger partial charge in [0.1, 0.15) is 22.8 Å². The third-order valence-electron chi connectivity index (χ3n) is 1.79. The normalized spacial score (nSPS) is 24.8. The lowest BCUT2D eigenvalue weighted by molar-refractivity contribution is 0.221. The van der Waals surface area contributed by atoms with Crippen LogP contribution in [0.25, 0.3) is 0 Å². The second-order valence-corrected chi connectivity index (χ2v) is 4.43. The van der Waals surface area contributed by atoms with E-state index in [1.54, 1.807) is 12.3 Å². The second kappa shape index (κ2) is 3.18. The number of fused-ring (bicyclic) bond motifs is 1. The van der Waals surface area contributed by atoms with Crippen LogP contribution in [0.2, 0.25) is 0 Å². The van der Waals surface area contributed by atoms with Gasteiger partial charge in [-0.25, -0.2) is 0 Å². The van der Waals surface area contributed by atoms with Crippen molar-refractivity contribution in [1.29, 1.82) is 0 Å². The number of hydrogen-bond donors (Lipinski definition) is 1. The molecule has 0 saturated carbocycles. The molecule has 5 heteroatoms. The molecule has 1 N–H and O–H groups in total. The minimum Gasteiger partial charge on any atom is -0.441 e. The molecule has 1 atom stereocenters. The van der Waals surface area contributed by atoms with Crippen molar-refractivity contribution in [2.75, 3.05) is 5.75 Å². The summed E-state index contributed by atoms with van der Waals surface area (Å²) in [5, 5.41) is 15.5. The average molecular weight is 195 g/mol. The summed E-state index contributed by atoms with van der Waals surface area (Å²) in [6, 6.07) is 0. The van der Waals surface area contributed by atoms with E-state index in [-0.39, 0.29) is 0 Å². The Bertz CT molecular complexity index is 368. The monoisotopic (exact) mass is 195 g/mol. The van der Waals surface area contributed by atoms with E-state index in [2.05, 4.69) is 10.2 Å². The molecule has 0 radical (unpaired) electrons. The van der Waals surface area contributed by atoms with Crippen LogP contribution in [0.1, 0.15) is 0 Å². The van der Waals surface area contributed by atoms with Gasteiger partial charge in [0.2, 0.25) is 0 Å². The lowest BCUT2D eigenvalue weighted by Gasteiger charge is -1.94. The van der Waals surface area contributed by atoms with Crippen LogP contribution in [-0.4, -0.2) is 16.2 Å². The van der Waals surface area contributed by atoms with Gasteiger partial charge in [-0.15, -0.1) is 0 Å². The van der Waals surface area contributed by atoms with Gasteiger partial charge in [0, 0.05) is 5.57 Å². The largest absolute Gasteiger partial charge is 0.529 e. The Morgan fingerprint density at radius 2 is 2.38 bits per heavy atom. The van der Waals surface area contributed by atoms with Gasteiger partial charge in [-0.1, -0.05) is 0 Å². The zero-order valence-corrected chi connectivity index (χ0v) is 7.49. The zero-order valence-electron chi connectivity index (χ0n) is 6.67. The molecule has 2 heterocycles. The van der Waals surface area contributed by atoms with Crippen molar-refractivity contribution in [2.24, 2.45) is 10.2 Å². The van der Waals surface area contributed by atoms with Gasteiger partial charge < -0.3 is 5.11 Å². The van der Waals surface area contributed by atoms with Gasteiger partial charge in [-0.3, -0.25) is 0 Å².